The molecule has 0 saturated heterocycles. The van der Waals surface area contributed by atoms with Gasteiger partial charge in [-0.3, -0.25) is 14.9 Å². The zero-order valence-electron chi connectivity index (χ0n) is 14.8. The number of carbonyl (C=O) groups is 1. The molecule has 1 amide bonds. The van der Waals surface area contributed by atoms with Gasteiger partial charge < -0.3 is 5.32 Å². The van der Waals surface area contributed by atoms with Gasteiger partial charge in [-0.25, -0.2) is 4.98 Å². The van der Waals surface area contributed by atoms with Gasteiger partial charge in [0.1, 0.15) is 0 Å². The molecular weight excluding hydrogens is 346 g/mol. The summed E-state index contributed by atoms with van der Waals surface area (Å²) in [5.41, 5.74) is 3.24. The van der Waals surface area contributed by atoms with E-state index in [0.717, 1.165) is 17.5 Å². The van der Waals surface area contributed by atoms with Gasteiger partial charge in [-0.1, -0.05) is 48.5 Å². The average Bonchev–Trinajstić information content (AvgIpc) is 3.15. The van der Waals surface area contributed by atoms with Crippen LogP contribution in [-0.2, 0) is 4.79 Å². The molecule has 134 valence electrons. The zero-order chi connectivity index (χ0) is 18.4. The standard InChI is InChI=1S/C19H21N5OS/c1-3-16(14-6-4-13(2)5-7-14)21-17(25)12-26-19-22-18(23-24-19)15-8-10-20-11-9-15/h4-11,16H,3,12H2,1-2H3,(H,21,25)(H,22,23,24)/t16-/m0/s1. The molecule has 0 saturated carbocycles. The lowest BCUT2D eigenvalue weighted by Crippen LogP contribution is -2.29. The summed E-state index contributed by atoms with van der Waals surface area (Å²) in [7, 11) is 0. The number of thioether (sulfide) groups is 1. The van der Waals surface area contributed by atoms with Crippen molar-refractivity contribution in [3.8, 4) is 11.4 Å². The Labute approximate surface area is 156 Å². The monoisotopic (exact) mass is 367 g/mol. The minimum absolute atomic E-state index is 0.0169. The molecule has 7 heteroatoms. The van der Waals surface area contributed by atoms with Crippen molar-refractivity contribution in [1.29, 1.82) is 0 Å². The molecule has 2 heterocycles. The number of benzene rings is 1. The highest BCUT2D eigenvalue weighted by atomic mass is 32.2. The van der Waals surface area contributed by atoms with Gasteiger partial charge in [0, 0.05) is 18.0 Å². The van der Waals surface area contributed by atoms with E-state index in [2.05, 4.69) is 63.6 Å². The number of hydrogen-bond acceptors (Lipinski definition) is 5. The Morgan fingerprint density at radius 2 is 1.92 bits per heavy atom. The first-order chi connectivity index (χ1) is 12.7. The van der Waals surface area contributed by atoms with Crippen LogP contribution in [0.25, 0.3) is 11.4 Å². The minimum Gasteiger partial charge on any atom is -0.349 e. The maximum absolute atomic E-state index is 12.3. The predicted octanol–water partition coefficient (Wildman–Crippen LogP) is 3.53. The first kappa shape index (κ1) is 18.1. The van der Waals surface area contributed by atoms with E-state index in [4.69, 9.17) is 0 Å². The molecule has 0 spiro atoms. The smallest absolute Gasteiger partial charge is 0.230 e. The van der Waals surface area contributed by atoms with Crippen LogP contribution in [0.5, 0.6) is 0 Å². The number of amides is 1. The number of pyridine rings is 1. The van der Waals surface area contributed by atoms with E-state index >= 15 is 0 Å². The third kappa shape index (κ3) is 4.70. The maximum atomic E-state index is 12.3. The molecule has 0 unspecified atom stereocenters. The Morgan fingerprint density at radius 1 is 1.19 bits per heavy atom. The molecule has 1 atom stereocenters. The van der Waals surface area contributed by atoms with Crippen molar-refractivity contribution in [2.45, 2.75) is 31.5 Å². The first-order valence-electron chi connectivity index (χ1n) is 8.47. The van der Waals surface area contributed by atoms with Gasteiger partial charge in [-0.2, -0.15) is 0 Å². The molecule has 0 aliphatic heterocycles. The summed E-state index contributed by atoms with van der Waals surface area (Å²) in [6.07, 6.45) is 4.24. The Kier molecular flexibility index (Phi) is 6.01. The summed E-state index contributed by atoms with van der Waals surface area (Å²) in [4.78, 5) is 20.7. The van der Waals surface area contributed by atoms with E-state index in [1.54, 1.807) is 12.4 Å². The highest BCUT2D eigenvalue weighted by Gasteiger charge is 2.14. The Morgan fingerprint density at radius 3 is 2.62 bits per heavy atom. The van der Waals surface area contributed by atoms with Crippen molar-refractivity contribution in [2.75, 3.05) is 5.75 Å². The van der Waals surface area contributed by atoms with Crippen LogP contribution in [0.1, 0.15) is 30.5 Å². The fourth-order valence-electron chi connectivity index (χ4n) is 2.54. The topological polar surface area (TPSA) is 83.6 Å². The van der Waals surface area contributed by atoms with E-state index in [1.807, 2.05) is 12.1 Å². The molecule has 6 nitrogen and oxygen atoms in total. The Hall–Kier alpha value is -2.67. The lowest BCUT2D eigenvalue weighted by atomic mass is 10.0. The molecule has 26 heavy (non-hydrogen) atoms. The van der Waals surface area contributed by atoms with Crippen molar-refractivity contribution in [3.05, 3.63) is 59.9 Å². The number of aromatic amines is 1. The lowest BCUT2D eigenvalue weighted by Gasteiger charge is -2.17. The van der Waals surface area contributed by atoms with Crippen LogP contribution in [-0.4, -0.2) is 31.8 Å². The third-order valence-corrected chi connectivity index (χ3v) is 4.82. The predicted molar refractivity (Wildman–Crippen MR) is 103 cm³/mol. The van der Waals surface area contributed by atoms with Crippen molar-refractivity contribution in [3.63, 3.8) is 0 Å². The first-order valence-corrected chi connectivity index (χ1v) is 9.45. The highest BCUT2D eigenvalue weighted by Crippen LogP contribution is 2.20. The second-order valence-corrected chi connectivity index (χ2v) is 6.87. The van der Waals surface area contributed by atoms with Crippen LogP contribution in [0, 0.1) is 6.92 Å². The SMILES string of the molecule is CC[C@H](NC(=O)CSc1n[nH]c(-c2ccncc2)n1)c1ccc(C)cc1. The van der Waals surface area contributed by atoms with Crippen molar-refractivity contribution < 1.29 is 4.79 Å². The average molecular weight is 367 g/mol. The lowest BCUT2D eigenvalue weighted by molar-refractivity contribution is -0.119. The van der Waals surface area contributed by atoms with Gasteiger partial charge in [-0.15, -0.1) is 5.10 Å². The quantitative estimate of drug-likeness (QED) is 0.624. The molecular formula is C19H21N5OS. The van der Waals surface area contributed by atoms with E-state index in [0.29, 0.717) is 11.0 Å². The second-order valence-electron chi connectivity index (χ2n) is 5.93. The highest BCUT2D eigenvalue weighted by molar-refractivity contribution is 7.99. The summed E-state index contributed by atoms with van der Waals surface area (Å²) < 4.78 is 0. The number of hydrogen-bond donors (Lipinski definition) is 2. The number of nitrogens with zero attached hydrogens (tertiary/aromatic N) is 3. The molecule has 2 aromatic heterocycles. The van der Waals surface area contributed by atoms with Gasteiger partial charge >= 0.3 is 0 Å². The van der Waals surface area contributed by atoms with Crippen LogP contribution in [0.2, 0.25) is 0 Å². The van der Waals surface area contributed by atoms with Gasteiger partial charge in [0.05, 0.1) is 11.8 Å². The largest absolute Gasteiger partial charge is 0.349 e. The van der Waals surface area contributed by atoms with Crippen LogP contribution < -0.4 is 5.32 Å². The summed E-state index contributed by atoms with van der Waals surface area (Å²) in [6.45, 7) is 4.12. The van der Waals surface area contributed by atoms with Gasteiger partial charge in [-0.05, 0) is 31.0 Å². The molecule has 2 N–H and O–H groups in total. The maximum Gasteiger partial charge on any atom is 0.230 e. The van der Waals surface area contributed by atoms with E-state index in [9.17, 15) is 4.79 Å². The van der Waals surface area contributed by atoms with Gasteiger partial charge in [0.25, 0.3) is 0 Å². The third-order valence-electron chi connectivity index (χ3n) is 3.97. The Balaban J connectivity index is 1.55. The van der Waals surface area contributed by atoms with Gasteiger partial charge in [0.2, 0.25) is 11.1 Å². The van der Waals surface area contributed by atoms with E-state index in [-0.39, 0.29) is 17.7 Å². The summed E-state index contributed by atoms with van der Waals surface area (Å²) in [5.74, 6) is 0.912. The van der Waals surface area contributed by atoms with E-state index < -0.39 is 0 Å². The molecule has 1 aromatic carbocycles. The Bertz CT molecular complexity index is 848. The molecule has 0 fully saturated rings. The molecule has 0 bridgehead atoms. The van der Waals surface area contributed by atoms with Crippen LogP contribution >= 0.6 is 11.8 Å². The fraction of sp³-hybridized carbons (Fsp3) is 0.263. The normalized spacial score (nSPS) is 11.9. The number of aryl methyl sites for hydroxylation is 1. The number of rotatable bonds is 7. The summed E-state index contributed by atoms with van der Waals surface area (Å²) in [6, 6.07) is 12.0. The molecule has 0 radical (unpaired) electrons. The zero-order valence-corrected chi connectivity index (χ0v) is 15.6. The van der Waals surface area contributed by atoms with Gasteiger partial charge in [0.15, 0.2) is 5.82 Å². The number of carbonyl (C=O) groups excluding carboxylic acids is 1. The summed E-state index contributed by atoms with van der Waals surface area (Å²) >= 11 is 1.31. The number of aromatic nitrogens is 4. The number of H-pyrrole nitrogens is 1. The second kappa shape index (κ2) is 8.62. The molecule has 3 aromatic rings. The van der Waals surface area contributed by atoms with Crippen LogP contribution in [0.4, 0.5) is 0 Å². The molecule has 0 aliphatic carbocycles. The minimum atomic E-state index is -0.0299. The van der Waals surface area contributed by atoms with Crippen molar-refractivity contribution in [2.24, 2.45) is 0 Å². The van der Waals surface area contributed by atoms with Crippen LogP contribution in [0.3, 0.4) is 0 Å². The van der Waals surface area contributed by atoms with Crippen molar-refractivity contribution in [1.82, 2.24) is 25.5 Å². The van der Waals surface area contributed by atoms with Crippen molar-refractivity contribution >= 4 is 17.7 Å². The molecule has 0 aliphatic rings. The van der Waals surface area contributed by atoms with E-state index in [1.165, 1.54) is 17.3 Å². The number of nitrogens with one attached hydrogen (secondary N) is 2. The van der Waals surface area contributed by atoms with Crippen LogP contribution in [0.15, 0.2) is 53.9 Å². The summed E-state index contributed by atoms with van der Waals surface area (Å²) in [5, 5.41) is 10.7. The molecule has 3 rings (SSSR count). The fourth-order valence-corrected chi connectivity index (χ4v) is 3.15.